The normalized spacial score (nSPS) is 10.8. The van der Waals surface area contributed by atoms with E-state index in [1.54, 1.807) is 11.3 Å². The fraction of sp³-hybridized carbons (Fsp3) is 0.211. The fourth-order valence-electron chi connectivity index (χ4n) is 2.48. The van der Waals surface area contributed by atoms with Crippen molar-refractivity contribution in [3.63, 3.8) is 0 Å². The van der Waals surface area contributed by atoms with Crippen LogP contribution in [0.2, 0.25) is 5.02 Å². The Balaban J connectivity index is 1.94. The smallest absolute Gasteiger partial charge is 0.187 e. The molecule has 0 spiro atoms. The molecule has 2 nitrogen and oxygen atoms in total. The number of aromatic nitrogens is 1. The van der Waals surface area contributed by atoms with Gasteiger partial charge in [-0.15, -0.1) is 11.3 Å². The summed E-state index contributed by atoms with van der Waals surface area (Å²) in [4.78, 5) is 6.00. The van der Waals surface area contributed by atoms with Crippen LogP contribution in [-0.4, -0.2) is 4.98 Å². The summed E-state index contributed by atoms with van der Waals surface area (Å²) in [6.45, 7) is 8.35. The summed E-state index contributed by atoms with van der Waals surface area (Å²) < 4.78 is 0. The van der Waals surface area contributed by atoms with Gasteiger partial charge < -0.3 is 5.32 Å². The van der Waals surface area contributed by atoms with Gasteiger partial charge in [-0.25, -0.2) is 4.98 Å². The highest BCUT2D eigenvalue weighted by Gasteiger charge is 2.12. The number of hydrogen-bond donors (Lipinski definition) is 1. The van der Waals surface area contributed by atoms with Crippen LogP contribution in [0.4, 0.5) is 10.8 Å². The van der Waals surface area contributed by atoms with Gasteiger partial charge in [-0.3, -0.25) is 0 Å². The molecule has 0 aliphatic rings. The lowest BCUT2D eigenvalue weighted by Crippen LogP contribution is -1.91. The molecule has 0 bridgehead atoms. The van der Waals surface area contributed by atoms with E-state index in [1.807, 2.05) is 25.1 Å². The van der Waals surface area contributed by atoms with Crippen LogP contribution in [-0.2, 0) is 0 Å². The number of halogens is 1. The molecule has 1 heterocycles. The van der Waals surface area contributed by atoms with E-state index in [4.69, 9.17) is 16.6 Å². The third-order valence-electron chi connectivity index (χ3n) is 3.87. The van der Waals surface area contributed by atoms with Crippen molar-refractivity contribution in [2.24, 2.45) is 0 Å². The van der Waals surface area contributed by atoms with Crippen LogP contribution in [0.3, 0.4) is 0 Å². The average Bonchev–Trinajstić information content (AvgIpc) is 2.86. The lowest BCUT2D eigenvalue weighted by atomic mass is 10.0. The minimum absolute atomic E-state index is 0.762. The Hall–Kier alpha value is -1.84. The topological polar surface area (TPSA) is 24.9 Å². The average molecular weight is 343 g/mol. The Morgan fingerprint density at radius 1 is 0.957 bits per heavy atom. The Labute approximate surface area is 146 Å². The first-order chi connectivity index (χ1) is 10.9. The zero-order valence-electron chi connectivity index (χ0n) is 13.7. The largest absolute Gasteiger partial charge is 0.331 e. The first-order valence-corrected chi connectivity index (χ1v) is 8.71. The lowest BCUT2D eigenvalue weighted by Gasteiger charge is -2.06. The molecule has 0 fully saturated rings. The third kappa shape index (κ3) is 3.41. The molecule has 118 valence electrons. The maximum Gasteiger partial charge on any atom is 0.187 e. The van der Waals surface area contributed by atoms with Crippen LogP contribution in [0.1, 0.15) is 21.6 Å². The minimum Gasteiger partial charge on any atom is -0.331 e. The van der Waals surface area contributed by atoms with Gasteiger partial charge in [-0.2, -0.15) is 0 Å². The predicted molar refractivity (Wildman–Crippen MR) is 101 cm³/mol. The monoisotopic (exact) mass is 342 g/mol. The molecule has 1 N–H and O–H groups in total. The summed E-state index contributed by atoms with van der Waals surface area (Å²) >= 11 is 7.86. The second kappa shape index (κ2) is 6.34. The number of rotatable bonds is 3. The summed E-state index contributed by atoms with van der Waals surface area (Å²) in [5.41, 5.74) is 6.78. The molecule has 0 amide bonds. The van der Waals surface area contributed by atoms with Crippen molar-refractivity contribution >= 4 is 33.8 Å². The summed E-state index contributed by atoms with van der Waals surface area (Å²) in [5, 5.41) is 5.01. The molecular formula is C19H19ClN2S. The van der Waals surface area contributed by atoms with Crippen LogP contribution < -0.4 is 5.32 Å². The molecule has 2 aromatic carbocycles. The molecule has 3 aromatic rings. The zero-order valence-corrected chi connectivity index (χ0v) is 15.3. The van der Waals surface area contributed by atoms with Crippen LogP contribution in [0.5, 0.6) is 0 Å². The van der Waals surface area contributed by atoms with Gasteiger partial charge >= 0.3 is 0 Å². The molecule has 0 radical (unpaired) electrons. The van der Waals surface area contributed by atoms with Crippen molar-refractivity contribution < 1.29 is 0 Å². The molecule has 0 aliphatic carbocycles. The van der Waals surface area contributed by atoms with Crippen LogP contribution in [0.15, 0.2) is 36.4 Å². The maximum atomic E-state index is 6.19. The molecule has 1 aromatic heterocycles. The second-order valence-electron chi connectivity index (χ2n) is 5.83. The molecular weight excluding hydrogens is 324 g/mol. The van der Waals surface area contributed by atoms with Gasteiger partial charge in [0.25, 0.3) is 0 Å². The number of nitrogens with zero attached hydrogens (tertiary/aromatic N) is 1. The van der Waals surface area contributed by atoms with Crippen molar-refractivity contribution in [1.29, 1.82) is 0 Å². The number of aryl methyl sites for hydroxylation is 4. The Morgan fingerprint density at radius 2 is 1.70 bits per heavy atom. The summed E-state index contributed by atoms with van der Waals surface area (Å²) in [7, 11) is 0. The number of nitrogens with one attached hydrogen (secondary N) is 1. The van der Waals surface area contributed by atoms with Gasteiger partial charge in [0.2, 0.25) is 0 Å². The number of thiazole rings is 1. The van der Waals surface area contributed by atoms with E-state index in [9.17, 15) is 0 Å². The third-order valence-corrected chi connectivity index (χ3v) is 5.16. The van der Waals surface area contributed by atoms with Gasteiger partial charge in [0.1, 0.15) is 0 Å². The number of benzene rings is 2. The van der Waals surface area contributed by atoms with E-state index in [0.717, 1.165) is 27.1 Å². The van der Waals surface area contributed by atoms with Crippen molar-refractivity contribution in [2.45, 2.75) is 27.7 Å². The van der Waals surface area contributed by atoms with Crippen molar-refractivity contribution in [3.05, 3.63) is 63.0 Å². The Morgan fingerprint density at radius 3 is 2.43 bits per heavy atom. The van der Waals surface area contributed by atoms with Gasteiger partial charge in [0, 0.05) is 21.2 Å². The van der Waals surface area contributed by atoms with E-state index in [-0.39, 0.29) is 0 Å². The fourth-order valence-corrected chi connectivity index (χ4v) is 3.51. The molecule has 4 heteroatoms. The SMILES string of the molecule is Cc1ccc(C)c(-c2nc(Nc3ccc(C)c(Cl)c3)sc2C)c1. The minimum atomic E-state index is 0.762. The van der Waals surface area contributed by atoms with Crippen LogP contribution >= 0.6 is 22.9 Å². The van der Waals surface area contributed by atoms with Crippen molar-refractivity contribution in [2.75, 3.05) is 5.32 Å². The van der Waals surface area contributed by atoms with E-state index in [2.05, 4.69) is 44.3 Å². The second-order valence-corrected chi connectivity index (χ2v) is 7.44. The molecule has 0 saturated carbocycles. The quantitative estimate of drug-likeness (QED) is 0.592. The zero-order chi connectivity index (χ0) is 16.6. The highest BCUT2D eigenvalue weighted by atomic mass is 35.5. The summed E-state index contributed by atoms with van der Waals surface area (Å²) in [5.74, 6) is 0. The van der Waals surface area contributed by atoms with E-state index < -0.39 is 0 Å². The molecule has 3 rings (SSSR count). The van der Waals surface area contributed by atoms with Gasteiger partial charge in [0.05, 0.1) is 5.69 Å². The number of hydrogen-bond acceptors (Lipinski definition) is 3. The predicted octanol–water partition coefficient (Wildman–Crippen LogP) is 6.44. The van der Waals surface area contributed by atoms with Crippen LogP contribution in [0.25, 0.3) is 11.3 Å². The standard InChI is InChI=1S/C19H19ClN2S/c1-11-5-6-12(2)16(9-11)18-14(4)23-19(22-18)21-15-8-7-13(3)17(20)10-15/h5-10H,1-4H3,(H,21,22). The highest BCUT2D eigenvalue weighted by molar-refractivity contribution is 7.16. The Kier molecular flexibility index (Phi) is 4.42. The first kappa shape index (κ1) is 16.0. The lowest BCUT2D eigenvalue weighted by molar-refractivity contribution is 1.31. The van der Waals surface area contributed by atoms with E-state index in [1.165, 1.54) is 21.6 Å². The van der Waals surface area contributed by atoms with E-state index in [0.29, 0.717) is 0 Å². The summed E-state index contributed by atoms with van der Waals surface area (Å²) in [6, 6.07) is 12.5. The number of anilines is 2. The Bertz CT molecular complexity index is 868. The van der Waals surface area contributed by atoms with Gasteiger partial charge in [0.15, 0.2) is 5.13 Å². The summed E-state index contributed by atoms with van der Waals surface area (Å²) in [6.07, 6.45) is 0. The molecule has 0 saturated heterocycles. The van der Waals surface area contributed by atoms with Crippen molar-refractivity contribution in [3.8, 4) is 11.3 Å². The van der Waals surface area contributed by atoms with Crippen molar-refractivity contribution in [1.82, 2.24) is 4.98 Å². The first-order valence-electron chi connectivity index (χ1n) is 7.52. The molecule has 0 atom stereocenters. The molecule has 23 heavy (non-hydrogen) atoms. The van der Waals surface area contributed by atoms with Gasteiger partial charge in [-0.1, -0.05) is 35.4 Å². The molecule has 0 aliphatic heterocycles. The van der Waals surface area contributed by atoms with E-state index >= 15 is 0 Å². The van der Waals surface area contributed by atoms with Gasteiger partial charge in [-0.05, 0) is 57.0 Å². The highest BCUT2D eigenvalue weighted by Crippen LogP contribution is 2.34. The maximum absolute atomic E-state index is 6.19. The van der Waals surface area contributed by atoms with Crippen LogP contribution in [0, 0.1) is 27.7 Å². The molecule has 0 unspecified atom stereocenters.